The SMILES string of the molecule is O=C(COC(=O)c1cccc(F)c1)Nc1ncc(Cl)cc1Cl. The van der Waals surface area contributed by atoms with E-state index in [0.717, 1.165) is 6.07 Å². The molecule has 0 bridgehead atoms. The van der Waals surface area contributed by atoms with Crippen LogP contribution in [0.4, 0.5) is 10.2 Å². The number of aromatic nitrogens is 1. The van der Waals surface area contributed by atoms with Crippen LogP contribution < -0.4 is 5.32 Å². The Morgan fingerprint density at radius 3 is 2.73 bits per heavy atom. The van der Waals surface area contributed by atoms with E-state index in [0.29, 0.717) is 5.02 Å². The van der Waals surface area contributed by atoms with E-state index in [1.54, 1.807) is 0 Å². The van der Waals surface area contributed by atoms with Crippen LogP contribution in [-0.4, -0.2) is 23.5 Å². The number of pyridine rings is 1. The molecule has 22 heavy (non-hydrogen) atoms. The number of carbonyl (C=O) groups is 2. The molecule has 114 valence electrons. The van der Waals surface area contributed by atoms with Crippen molar-refractivity contribution >= 4 is 40.9 Å². The van der Waals surface area contributed by atoms with Crippen molar-refractivity contribution in [3.8, 4) is 0 Å². The summed E-state index contributed by atoms with van der Waals surface area (Å²) in [6, 6.07) is 6.35. The average Bonchev–Trinajstić information content (AvgIpc) is 2.47. The van der Waals surface area contributed by atoms with Gasteiger partial charge in [-0.25, -0.2) is 14.2 Å². The highest BCUT2D eigenvalue weighted by Gasteiger charge is 2.12. The third-order valence-electron chi connectivity index (χ3n) is 2.46. The van der Waals surface area contributed by atoms with Gasteiger partial charge in [-0.3, -0.25) is 4.79 Å². The lowest BCUT2D eigenvalue weighted by Crippen LogP contribution is -2.21. The van der Waals surface area contributed by atoms with Crippen LogP contribution in [0.2, 0.25) is 10.0 Å². The largest absolute Gasteiger partial charge is 0.452 e. The monoisotopic (exact) mass is 342 g/mol. The second kappa shape index (κ2) is 7.20. The van der Waals surface area contributed by atoms with Gasteiger partial charge in [-0.05, 0) is 24.3 Å². The summed E-state index contributed by atoms with van der Waals surface area (Å²) in [5.74, 6) is -1.93. The lowest BCUT2D eigenvalue weighted by Gasteiger charge is -2.07. The van der Waals surface area contributed by atoms with E-state index in [2.05, 4.69) is 10.3 Å². The van der Waals surface area contributed by atoms with Crippen molar-refractivity contribution in [2.24, 2.45) is 0 Å². The Bertz CT molecular complexity index is 725. The van der Waals surface area contributed by atoms with Crippen molar-refractivity contribution in [2.45, 2.75) is 0 Å². The van der Waals surface area contributed by atoms with Crippen molar-refractivity contribution in [3.63, 3.8) is 0 Å². The van der Waals surface area contributed by atoms with Crippen LogP contribution in [0.5, 0.6) is 0 Å². The zero-order valence-electron chi connectivity index (χ0n) is 11.0. The topological polar surface area (TPSA) is 68.3 Å². The Hall–Kier alpha value is -2.18. The molecule has 2 rings (SSSR count). The minimum atomic E-state index is -0.815. The Morgan fingerprint density at radius 2 is 2.05 bits per heavy atom. The maximum Gasteiger partial charge on any atom is 0.338 e. The number of hydrogen-bond donors (Lipinski definition) is 1. The summed E-state index contributed by atoms with van der Waals surface area (Å²) in [7, 11) is 0. The van der Waals surface area contributed by atoms with Crippen LogP contribution in [0.3, 0.4) is 0 Å². The molecule has 0 saturated carbocycles. The molecule has 1 aromatic carbocycles. The Labute approximate surface area is 135 Å². The molecule has 0 fully saturated rings. The minimum absolute atomic E-state index is 0.00968. The van der Waals surface area contributed by atoms with Crippen molar-refractivity contribution in [1.29, 1.82) is 0 Å². The van der Waals surface area contributed by atoms with E-state index in [9.17, 15) is 14.0 Å². The smallest absolute Gasteiger partial charge is 0.338 e. The molecule has 8 heteroatoms. The number of nitrogens with zero attached hydrogens (tertiary/aromatic N) is 1. The van der Waals surface area contributed by atoms with Gasteiger partial charge in [0.1, 0.15) is 5.82 Å². The molecule has 2 aromatic rings. The minimum Gasteiger partial charge on any atom is -0.452 e. The second-order valence-electron chi connectivity index (χ2n) is 4.12. The highest BCUT2D eigenvalue weighted by molar-refractivity contribution is 6.36. The number of hydrogen-bond acceptors (Lipinski definition) is 4. The number of esters is 1. The quantitative estimate of drug-likeness (QED) is 0.865. The number of halogens is 3. The molecular weight excluding hydrogens is 334 g/mol. The zero-order valence-corrected chi connectivity index (χ0v) is 12.5. The summed E-state index contributed by atoms with van der Waals surface area (Å²) in [6.07, 6.45) is 1.31. The summed E-state index contributed by atoms with van der Waals surface area (Å²) >= 11 is 11.5. The first kappa shape index (κ1) is 16.2. The molecule has 0 aliphatic heterocycles. The van der Waals surface area contributed by atoms with E-state index in [-0.39, 0.29) is 16.4 Å². The molecule has 0 radical (unpaired) electrons. The first-order valence-electron chi connectivity index (χ1n) is 5.99. The van der Waals surface area contributed by atoms with E-state index in [1.807, 2.05) is 0 Å². The molecule has 1 N–H and O–H groups in total. The number of ether oxygens (including phenoxy) is 1. The number of anilines is 1. The van der Waals surface area contributed by atoms with E-state index in [1.165, 1.54) is 30.5 Å². The lowest BCUT2D eigenvalue weighted by molar-refractivity contribution is -0.119. The van der Waals surface area contributed by atoms with Gasteiger partial charge in [0.05, 0.1) is 15.6 Å². The number of amides is 1. The number of carbonyl (C=O) groups excluding carboxylic acids is 2. The van der Waals surface area contributed by atoms with E-state index in [4.69, 9.17) is 27.9 Å². The second-order valence-corrected chi connectivity index (χ2v) is 4.96. The Balaban J connectivity index is 1.91. The van der Waals surface area contributed by atoms with Crippen molar-refractivity contribution in [1.82, 2.24) is 4.98 Å². The molecule has 1 amide bonds. The van der Waals surface area contributed by atoms with Gasteiger partial charge < -0.3 is 10.1 Å². The van der Waals surface area contributed by atoms with Crippen LogP contribution in [0.15, 0.2) is 36.5 Å². The predicted molar refractivity (Wildman–Crippen MR) is 79.6 cm³/mol. The van der Waals surface area contributed by atoms with Gasteiger partial charge in [0.2, 0.25) is 0 Å². The summed E-state index contributed by atoms with van der Waals surface area (Å²) in [5.41, 5.74) is 0.00968. The maximum atomic E-state index is 13.0. The molecule has 0 unspecified atom stereocenters. The van der Waals surface area contributed by atoms with Crippen molar-refractivity contribution in [2.75, 3.05) is 11.9 Å². The summed E-state index contributed by atoms with van der Waals surface area (Å²) in [4.78, 5) is 27.1. The molecule has 0 saturated heterocycles. The fourth-order valence-corrected chi connectivity index (χ4v) is 1.93. The van der Waals surface area contributed by atoms with Gasteiger partial charge in [-0.2, -0.15) is 0 Å². The number of rotatable bonds is 4. The Kier molecular flexibility index (Phi) is 5.30. The van der Waals surface area contributed by atoms with Crippen LogP contribution in [-0.2, 0) is 9.53 Å². The summed E-state index contributed by atoms with van der Waals surface area (Å²) < 4.78 is 17.7. The highest BCUT2D eigenvalue weighted by atomic mass is 35.5. The molecule has 0 atom stereocenters. The highest BCUT2D eigenvalue weighted by Crippen LogP contribution is 2.22. The molecule has 0 aliphatic carbocycles. The number of benzene rings is 1. The zero-order chi connectivity index (χ0) is 16.1. The molecule has 0 aliphatic rings. The van der Waals surface area contributed by atoms with Crippen LogP contribution in [0.25, 0.3) is 0 Å². The van der Waals surface area contributed by atoms with Gasteiger partial charge in [-0.1, -0.05) is 29.3 Å². The molecule has 5 nitrogen and oxygen atoms in total. The van der Waals surface area contributed by atoms with Gasteiger partial charge >= 0.3 is 5.97 Å². The lowest BCUT2D eigenvalue weighted by atomic mass is 10.2. The molecule has 1 aromatic heterocycles. The van der Waals surface area contributed by atoms with Crippen molar-refractivity contribution < 1.29 is 18.7 Å². The summed E-state index contributed by atoms with van der Waals surface area (Å²) in [6.45, 7) is -0.560. The van der Waals surface area contributed by atoms with Crippen molar-refractivity contribution in [3.05, 3.63) is 58.0 Å². The normalized spacial score (nSPS) is 10.1. The van der Waals surface area contributed by atoms with Gasteiger partial charge in [0.25, 0.3) is 5.91 Å². The first-order chi connectivity index (χ1) is 10.5. The third-order valence-corrected chi connectivity index (χ3v) is 2.96. The predicted octanol–water partition coefficient (Wildman–Crippen LogP) is 3.32. The molecule has 1 heterocycles. The number of nitrogens with one attached hydrogen (secondary N) is 1. The summed E-state index contributed by atoms with van der Waals surface area (Å²) in [5, 5.41) is 2.83. The molecular formula is C14H9Cl2FN2O3. The third kappa shape index (κ3) is 4.41. The Morgan fingerprint density at radius 1 is 1.27 bits per heavy atom. The standard InChI is InChI=1S/C14H9Cl2FN2O3/c15-9-5-11(16)13(18-6-9)19-12(20)7-22-14(21)8-2-1-3-10(17)4-8/h1-6H,7H2,(H,18,19,20). The van der Waals surface area contributed by atoms with Gasteiger partial charge in [0.15, 0.2) is 12.4 Å². The van der Waals surface area contributed by atoms with E-state index >= 15 is 0 Å². The fraction of sp³-hybridized carbons (Fsp3) is 0.0714. The maximum absolute atomic E-state index is 13.0. The van der Waals surface area contributed by atoms with Crippen LogP contribution >= 0.6 is 23.2 Å². The van der Waals surface area contributed by atoms with E-state index < -0.39 is 24.3 Å². The van der Waals surface area contributed by atoms with Crippen LogP contribution in [0, 0.1) is 5.82 Å². The van der Waals surface area contributed by atoms with Gasteiger partial charge in [-0.15, -0.1) is 0 Å². The molecule has 0 spiro atoms. The van der Waals surface area contributed by atoms with Gasteiger partial charge in [0, 0.05) is 6.20 Å². The van der Waals surface area contributed by atoms with Crippen LogP contribution in [0.1, 0.15) is 10.4 Å². The fourth-order valence-electron chi connectivity index (χ4n) is 1.50. The first-order valence-corrected chi connectivity index (χ1v) is 6.75. The average molecular weight is 343 g/mol.